The van der Waals surface area contributed by atoms with Crippen molar-refractivity contribution >= 4 is 23.4 Å². The van der Waals surface area contributed by atoms with Gasteiger partial charge in [0.25, 0.3) is 11.8 Å². The maximum Gasteiger partial charge on any atom is 0.279 e. The highest BCUT2D eigenvalue weighted by molar-refractivity contribution is 6.47. The Kier molecular flexibility index (Phi) is 11.7. The summed E-state index contributed by atoms with van der Waals surface area (Å²) in [6.07, 6.45) is 3.38. The first-order chi connectivity index (χ1) is 20.8. The van der Waals surface area contributed by atoms with E-state index in [1.54, 1.807) is 17.0 Å². The number of carbonyl (C=O) groups is 2. The number of amides is 2. The van der Waals surface area contributed by atoms with Crippen molar-refractivity contribution in [3.05, 3.63) is 88.6 Å². The zero-order valence-electron chi connectivity index (χ0n) is 26.8. The van der Waals surface area contributed by atoms with Crippen molar-refractivity contribution in [1.29, 1.82) is 0 Å². The number of hydrazine groups is 1. The third kappa shape index (κ3) is 9.71. The van der Waals surface area contributed by atoms with Crippen molar-refractivity contribution in [3.8, 4) is 5.75 Å². The zero-order valence-corrected chi connectivity index (χ0v) is 26.8. The lowest BCUT2D eigenvalue weighted by Gasteiger charge is -2.30. The van der Waals surface area contributed by atoms with Gasteiger partial charge in [0.05, 0.1) is 18.7 Å². The van der Waals surface area contributed by atoms with Crippen LogP contribution in [0.25, 0.3) is 0 Å². The van der Waals surface area contributed by atoms with Crippen molar-refractivity contribution in [2.75, 3.05) is 6.54 Å². The molecule has 1 atom stereocenters. The van der Waals surface area contributed by atoms with Gasteiger partial charge in [-0.2, -0.15) is 5.10 Å². The minimum atomic E-state index is -0.364. The van der Waals surface area contributed by atoms with Crippen LogP contribution < -0.4 is 27.2 Å². The molecule has 234 valence electrons. The Bertz CT molecular complexity index is 1490. The van der Waals surface area contributed by atoms with Gasteiger partial charge in [0, 0.05) is 11.1 Å². The first-order valence-electron chi connectivity index (χ1n) is 14.9. The second-order valence-electron chi connectivity index (χ2n) is 12.5. The molecule has 1 heterocycles. The summed E-state index contributed by atoms with van der Waals surface area (Å²) in [4.78, 5) is 33.4. The van der Waals surface area contributed by atoms with E-state index in [0.717, 1.165) is 12.0 Å². The quantitative estimate of drug-likeness (QED) is 0.0893. The summed E-state index contributed by atoms with van der Waals surface area (Å²) in [7, 11) is 0. The van der Waals surface area contributed by atoms with E-state index in [4.69, 9.17) is 21.3 Å². The highest BCUT2D eigenvalue weighted by Crippen LogP contribution is 2.37. The molecule has 10 nitrogen and oxygen atoms in total. The zero-order chi connectivity index (χ0) is 32.4. The minimum Gasteiger partial charge on any atom is -0.491 e. The van der Waals surface area contributed by atoms with Crippen molar-refractivity contribution in [2.45, 2.75) is 73.5 Å². The largest absolute Gasteiger partial charge is 0.491 e. The first-order valence-corrected chi connectivity index (χ1v) is 14.9. The number of hydrazone groups is 1. The molecule has 0 radical (unpaired) electrons. The van der Waals surface area contributed by atoms with Crippen LogP contribution in [0.2, 0.25) is 0 Å². The lowest BCUT2D eigenvalue weighted by atomic mass is 9.86. The third-order valence-electron chi connectivity index (χ3n) is 6.62. The predicted octanol–water partition coefficient (Wildman–Crippen LogP) is 4.95. The average Bonchev–Trinajstić information content (AvgIpc) is 3.27. The Morgan fingerprint density at radius 2 is 1.84 bits per heavy atom. The van der Waals surface area contributed by atoms with Crippen LogP contribution in [-0.4, -0.2) is 40.9 Å². The number of rotatable bonds is 12. The van der Waals surface area contributed by atoms with E-state index in [1.165, 1.54) is 0 Å². The van der Waals surface area contributed by atoms with Gasteiger partial charge < -0.3 is 15.8 Å². The first kappa shape index (κ1) is 33.9. The molecule has 0 unspecified atom stereocenters. The molecule has 2 aromatic rings. The Balaban J connectivity index is 2.05. The van der Waals surface area contributed by atoms with Gasteiger partial charge in [-0.05, 0) is 79.7 Å². The summed E-state index contributed by atoms with van der Waals surface area (Å²) < 4.78 is 5.89. The van der Waals surface area contributed by atoms with Crippen molar-refractivity contribution in [1.82, 2.24) is 15.8 Å². The van der Waals surface area contributed by atoms with E-state index in [-0.39, 0.29) is 47.7 Å². The Hall–Kier alpha value is -4.62. The molecule has 0 saturated heterocycles. The maximum atomic E-state index is 14.2. The standard InChI is InChI=1S/C34H45N7O3/c1-22(2)10-8-13-30-38-31(26-11-9-12-27(20-26)44-23(3)4)33(43)41(30)28(18-19-34(5,6)7)24-14-16-25(17-15-24)32(42)37-21-29(35)39-40-36/h9-12,14-17,20,22-23,28,40H,18-19,21,36H2,1-7H3,(H2,35,39)(H,37,42)/t28-/m1/s1. The SMILES string of the molecule is CC(C)C=C=C=C1N=C(c2cccc(OC(C)C)c2)C(=O)N1[C@H](CCC(C)(C)C)c1ccc(C(=O)NC/C(N)=N/NN)cc1. The van der Waals surface area contributed by atoms with Crippen LogP contribution in [0.4, 0.5) is 0 Å². The highest BCUT2D eigenvalue weighted by Gasteiger charge is 2.38. The van der Waals surface area contributed by atoms with Gasteiger partial charge in [-0.1, -0.05) is 64.6 Å². The molecular weight excluding hydrogens is 554 g/mol. The number of ether oxygens (including phenoxy) is 1. The van der Waals surface area contributed by atoms with Crippen LogP contribution in [0.3, 0.4) is 0 Å². The average molecular weight is 600 g/mol. The van der Waals surface area contributed by atoms with Gasteiger partial charge in [-0.25, -0.2) is 16.4 Å². The number of nitrogens with zero attached hydrogens (tertiary/aromatic N) is 3. The van der Waals surface area contributed by atoms with Gasteiger partial charge in [0.2, 0.25) is 0 Å². The summed E-state index contributed by atoms with van der Waals surface area (Å²) in [5.74, 6) is 6.04. The fraction of sp³-hybridized carbons (Fsp3) is 0.412. The van der Waals surface area contributed by atoms with Crippen LogP contribution in [0.1, 0.15) is 88.8 Å². The van der Waals surface area contributed by atoms with E-state index in [9.17, 15) is 9.59 Å². The summed E-state index contributed by atoms with van der Waals surface area (Å²) >= 11 is 0. The molecule has 3 rings (SSSR count). The number of allylic oxidation sites excluding steroid dienone is 1. The van der Waals surface area contributed by atoms with Crippen LogP contribution in [0.15, 0.2) is 82.0 Å². The number of carbonyl (C=O) groups excluding carboxylic acids is 2. The van der Waals surface area contributed by atoms with Gasteiger partial charge >= 0.3 is 0 Å². The smallest absolute Gasteiger partial charge is 0.279 e. The van der Waals surface area contributed by atoms with Crippen molar-refractivity contribution < 1.29 is 14.3 Å². The fourth-order valence-electron chi connectivity index (χ4n) is 4.51. The molecule has 1 aliphatic heterocycles. The second kappa shape index (κ2) is 15.2. The number of aliphatic imine (C=N–C) groups is 1. The number of nitrogens with one attached hydrogen (secondary N) is 2. The maximum absolute atomic E-state index is 14.2. The number of amidine groups is 1. The Morgan fingerprint density at radius 1 is 1.14 bits per heavy atom. The van der Waals surface area contributed by atoms with E-state index >= 15 is 0 Å². The van der Waals surface area contributed by atoms with Crippen LogP contribution in [0.5, 0.6) is 5.75 Å². The van der Waals surface area contributed by atoms with Crippen LogP contribution in [-0.2, 0) is 4.79 Å². The predicted molar refractivity (Wildman–Crippen MR) is 175 cm³/mol. The van der Waals surface area contributed by atoms with Crippen LogP contribution >= 0.6 is 0 Å². The highest BCUT2D eigenvalue weighted by atomic mass is 16.5. The molecule has 1 aliphatic rings. The molecule has 6 N–H and O–H groups in total. The van der Waals surface area contributed by atoms with Gasteiger partial charge in [-0.3, -0.25) is 14.5 Å². The Labute approximate surface area is 260 Å². The topological polar surface area (TPSA) is 147 Å². The summed E-state index contributed by atoms with van der Waals surface area (Å²) in [6, 6.07) is 14.3. The molecule has 44 heavy (non-hydrogen) atoms. The molecular formula is C34H45N7O3. The minimum absolute atomic E-state index is 0.0113. The number of benzene rings is 2. The molecule has 0 bridgehead atoms. The normalized spacial score (nSPS) is 14.3. The molecule has 2 aromatic carbocycles. The van der Waals surface area contributed by atoms with Crippen LogP contribution in [0, 0.1) is 11.3 Å². The molecule has 0 aliphatic carbocycles. The summed E-state index contributed by atoms with van der Waals surface area (Å²) in [5, 5.41) is 6.35. The number of nitrogens with two attached hydrogens (primary N) is 2. The lowest BCUT2D eigenvalue weighted by Crippen LogP contribution is -2.35. The van der Waals surface area contributed by atoms with E-state index < -0.39 is 0 Å². The molecule has 0 saturated carbocycles. The monoisotopic (exact) mass is 599 g/mol. The third-order valence-corrected chi connectivity index (χ3v) is 6.62. The van der Waals surface area contributed by atoms with Gasteiger partial charge in [-0.15, -0.1) is 0 Å². The number of hydrogen-bond donors (Lipinski definition) is 4. The van der Waals surface area contributed by atoms with Crippen molar-refractivity contribution in [3.63, 3.8) is 0 Å². The number of hydrogen-bond acceptors (Lipinski definition) is 7. The van der Waals surface area contributed by atoms with E-state index in [1.807, 2.05) is 70.2 Å². The molecule has 10 heteroatoms. The summed E-state index contributed by atoms with van der Waals surface area (Å²) in [6.45, 7) is 14.6. The summed E-state index contributed by atoms with van der Waals surface area (Å²) in [5.41, 5.74) is 16.4. The molecule has 0 aromatic heterocycles. The molecule has 2 amide bonds. The van der Waals surface area contributed by atoms with E-state index in [2.05, 4.69) is 48.2 Å². The van der Waals surface area contributed by atoms with Crippen molar-refractivity contribution in [2.24, 2.45) is 33.0 Å². The fourth-order valence-corrected chi connectivity index (χ4v) is 4.51. The molecule has 0 spiro atoms. The van der Waals surface area contributed by atoms with Gasteiger partial charge in [0.1, 0.15) is 17.3 Å². The lowest BCUT2D eigenvalue weighted by molar-refractivity contribution is -0.123. The second-order valence-corrected chi connectivity index (χ2v) is 12.5. The van der Waals surface area contributed by atoms with Gasteiger partial charge in [0.15, 0.2) is 5.82 Å². The molecule has 0 fully saturated rings. The van der Waals surface area contributed by atoms with E-state index in [0.29, 0.717) is 34.8 Å². The Morgan fingerprint density at radius 3 is 2.45 bits per heavy atom.